The molecule has 5 nitrogen and oxygen atoms in total. The Morgan fingerprint density at radius 1 is 1.44 bits per heavy atom. The van der Waals surface area contributed by atoms with Gasteiger partial charge in [-0.25, -0.2) is 0 Å². The first-order valence-electron chi connectivity index (χ1n) is 5.27. The third-order valence-electron chi connectivity index (χ3n) is 2.73. The van der Waals surface area contributed by atoms with E-state index >= 15 is 0 Å². The van der Waals surface area contributed by atoms with Crippen LogP contribution in [0.5, 0.6) is 0 Å². The average molecular weight is 217 g/mol. The third kappa shape index (κ3) is 1.81. The van der Waals surface area contributed by atoms with Gasteiger partial charge in [-0.05, 0) is 23.6 Å². The van der Waals surface area contributed by atoms with Crippen LogP contribution >= 0.6 is 0 Å². The molecule has 1 unspecified atom stereocenters. The molecule has 0 aliphatic heterocycles. The van der Waals surface area contributed by atoms with Gasteiger partial charge in [0.15, 0.2) is 0 Å². The van der Waals surface area contributed by atoms with Gasteiger partial charge >= 0.3 is 0 Å². The highest BCUT2D eigenvalue weighted by Crippen LogP contribution is 2.21. The van der Waals surface area contributed by atoms with Crippen LogP contribution in [0.3, 0.4) is 0 Å². The molecule has 0 aromatic carbocycles. The Morgan fingerprint density at radius 2 is 2.25 bits per heavy atom. The Kier molecular flexibility index (Phi) is 2.96. The van der Waals surface area contributed by atoms with E-state index in [1.54, 1.807) is 17.1 Å². The van der Waals surface area contributed by atoms with Crippen molar-refractivity contribution in [2.24, 2.45) is 12.8 Å². The van der Waals surface area contributed by atoms with E-state index in [2.05, 4.69) is 22.2 Å². The van der Waals surface area contributed by atoms with Gasteiger partial charge in [0, 0.05) is 19.4 Å². The van der Waals surface area contributed by atoms with Gasteiger partial charge in [0.2, 0.25) is 0 Å². The maximum atomic E-state index is 6.21. The summed E-state index contributed by atoms with van der Waals surface area (Å²) in [6.45, 7) is 2.09. The molecule has 0 bridgehead atoms. The molecule has 2 N–H and O–H groups in total. The number of hydrogen-bond acceptors (Lipinski definition) is 4. The molecular formula is C11H15N5. The lowest BCUT2D eigenvalue weighted by atomic mass is 9.99. The fourth-order valence-electron chi connectivity index (χ4n) is 1.78. The van der Waals surface area contributed by atoms with E-state index in [1.165, 1.54) is 0 Å². The molecule has 0 radical (unpaired) electrons. The minimum Gasteiger partial charge on any atom is -0.319 e. The normalized spacial score (nSPS) is 12.7. The Bertz CT molecular complexity index is 477. The summed E-state index contributed by atoms with van der Waals surface area (Å²) in [6.07, 6.45) is 6.24. The van der Waals surface area contributed by atoms with Gasteiger partial charge in [-0.1, -0.05) is 12.1 Å². The van der Waals surface area contributed by atoms with Crippen LogP contribution < -0.4 is 5.73 Å². The smallest absolute Gasteiger partial charge is 0.0796 e. The fraction of sp³-hybridized carbons (Fsp3) is 0.364. The molecule has 2 rings (SSSR count). The highest BCUT2D eigenvalue weighted by molar-refractivity contribution is 5.31. The van der Waals surface area contributed by atoms with Gasteiger partial charge in [-0.3, -0.25) is 9.67 Å². The van der Waals surface area contributed by atoms with Crippen LogP contribution in [0.15, 0.2) is 24.7 Å². The van der Waals surface area contributed by atoms with Crippen molar-refractivity contribution in [2.75, 3.05) is 0 Å². The Morgan fingerprint density at radius 3 is 2.88 bits per heavy atom. The van der Waals surface area contributed by atoms with Gasteiger partial charge < -0.3 is 5.73 Å². The lowest BCUT2D eigenvalue weighted by Crippen LogP contribution is -2.17. The summed E-state index contributed by atoms with van der Waals surface area (Å²) in [7, 11) is 1.84. The summed E-state index contributed by atoms with van der Waals surface area (Å²) in [6, 6.07) is 1.76. The molecule has 0 spiro atoms. The van der Waals surface area contributed by atoms with Gasteiger partial charge in [0.05, 0.1) is 17.9 Å². The molecule has 0 fully saturated rings. The summed E-state index contributed by atoms with van der Waals surface area (Å²) >= 11 is 0. The average Bonchev–Trinajstić information content (AvgIpc) is 2.74. The molecule has 2 heterocycles. The first-order chi connectivity index (χ1) is 7.74. The lowest BCUT2D eigenvalue weighted by molar-refractivity contribution is 0.648. The van der Waals surface area contributed by atoms with Crippen molar-refractivity contribution in [3.05, 3.63) is 41.5 Å². The first-order valence-corrected chi connectivity index (χ1v) is 5.27. The molecule has 0 saturated heterocycles. The van der Waals surface area contributed by atoms with Crippen molar-refractivity contribution >= 4 is 0 Å². The number of nitrogens with zero attached hydrogens (tertiary/aromatic N) is 4. The van der Waals surface area contributed by atoms with E-state index in [-0.39, 0.29) is 6.04 Å². The summed E-state index contributed by atoms with van der Waals surface area (Å²) in [4.78, 5) is 4.11. The van der Waals surface area contributed by atoms with E-state index in [0.29, 0.717) is 0 Å². The topological polar surface area (TPSA) is 69.6 Å². The zero-order valence-corrected chi connectivity index (χ0v) is 9.46. The summed E-state index contributed by atoms with van der Waals surface area (Å²) in [5.74, 6) is 0. The SMILES string of the molecule is CCc1cnccc1C(N)c1cnnn1C. The summed E-state index contributed by atoms with van der Waals surface area (Å²) in [5, 5.41) is 7.73. The zero-order chi connectivity index (χ0) is 11.5. The van der Waals surface area contributed by atoms with Crippen LogP contribution in [0.2, 0.25) is 0 Å². The van der Waals surface area contributed by atoms with E-state index in [4.69, 9.17) is 5.73 Å². The van der Waals surface area contributed by atoms with E-state index < -0.39 is 0 Å². The monoisotopic (exact) mass is 217 g/mol. The molecule has 2 aromatic heterocycles. The van der Waals surface area contributed by atoms with Crippen molar-refractivity contribution in [1.82, 2.24) is 20.0 Å². The van der Waals surface area contributed by atoms with E-state index in [1.807, 2.05) is 19.3 Å². The molecule has 84 valence electrons. The molecule has 16 heavy (non-hydrogen) atoms. The number of hydrogen-bond donors (Lipinski definition) is 1. The fourth-order valence-corrected chi connectivity index (χ4v) is 1.78. The number of pyridine rings is 1. The molecular weight excluding hydrogens is 202 g/mol. The largest absolute Gasteiger partial charge is 0.319 e. The van der Waals surface area contributed by atoms with Gasteiger partial charge in [-0.15, -0.1) is 5.10 Å². The number of aryl methyl sites for hydroxylation is 2. The predicted octanol–water partition coefficient (Wildman–Crippen LogP) is 0.821. The van der Waals surface area contributed by atoms with Gasteiger partial charge in [0.1, 0.15) is 0 Å². The lowest BCUT2D eigenvalue weighted by Gasteiger charge is -2.14. The molecule has 0 saturated carbocycles. The second kappa shape index (κ2) is 4.40. The quantitative estimate of drug-likeness (QED) is 0.826. The van der Waals surface area contributed by atoms with Crippen LogP contribution in [0.4, 0.5) is 0 Å². The van der Waals surface area contributed by atoms with Crippen LogP contribution in [0, 0.1) is 0 Å². The second-order valence-electron chi connectivity index (χ2n) is 3.69. The van der Waals surface area contributed by atoms with Gasteiger partial charge in [-0.2, -0.15) is 0 Å². The number of aromatic nitrogens is 4. The Labute approximate surface area is 94.3 Å². The molecule has 1 atom stereocenters. The highest BCUT2D eigenvalue weighted by Gasteiger charge is 2.15. The van der Waals surface area contributed by atoms with Crippen molar-refractivity contribution in [2.45, 2.75) is 19.4 Å². The predicted molar refractivity (Wildman–Crippen MR) is 60.6 cm³/mol. The summed E-state index contributed by atoms with van der Waals surface area (Å²) in [5.41, 5.74) is 9.36. The van der Waals surface area contributed by atoms with Crippen LogP contribution in [-0.2, 0) is 13.5 Å². The van der Waals surface area contributed by atoms with Crippen LogP contribution in [0.1, 0.15) is 29.8 Å². The third-order valence-corrected chi connectivity index (χ3v) is 2.73. The molecule has 0 amide bonds. The summed E-state index contributed by atoms with van der Waals surface area (Å²) < 4.78 is 1.70. The standard InChI is InChI=1S/C11H15N5/c1-3-8-6-13-5-4-9(8)11(12)10-7-14-15-16(10)2/h4-7,11H,3,12H2,1-2H3. The Hall–Kier alpha value is -1.75. The van der Waals surface area contributed by atoms with Crippen molar-refractivity contribution in [3.8, 4) is 0 Å². The van der Waals surface area contributed by atoms with Crippen LogP contribution in [0.25, 0.3) is 0 Å². The zero-order valence-electron chi connectivity index (χ0n) is 9.46. The maximum absolute atomic E-state index is 6.21. The highest BCUT2D eigenvalue weighted by atomic mass is 15.4. The minimum absolute atomic E-state index is 0.196. The first kappa shape index (κ1) is 10.8. The maximum Gasteiger partial charge on any atom is 0.0796 e. The Balaban J connectivity index is 2.41. The number of nitrogens with two attached hydrogens (primary N) is 1. The molecule has 0 aliphatic carbocycles. The molecule has 0 aliphatic rings. The number of rotatable bonds is 3. The van der Waals surface area contributed by atoms with E-state index in [0.717, 1.165) is 23.2 Å². The van der Waals surface area contributed by atoms with Crippen LogP contribution in [-0.4, -0.2) is 20.0 Å². The second-order valence-corrected chi connectivity index (χ2v) is 3.69. The van der Waals surface area contributed by atoms with Crippen molar-refractivity contribution in [1.29, 1.82) is 0 Å². The molecule has 5 heteroatoms. The molecule has 2 aromatic rings. The van der Waals surface area contributed by atoms with Crippen molar-refractivity contribution in [3.63, 3.8) is 0 Å². The van der Waals surface area contributed by atoms with Gasteiger partial charge in [0.25, 0.3) is 0 Å². The minimum atomic E-state index is -0.196. The van der Waals surface area contributed by atoms with E-state index in [9.17, 15) is 0 Å². The van der Waals surface area contributed by atoms with Crippen molar-refractivity contribution < 1.29 is 0 Å².